The van der Waals surface area contributed by atoms with Crippen molar-refractivity contribution in [2.75, 3.05) is 11.1 Å². The number of halogens is 6. The van der Waals surface area contributed by atoms with Gasteiger partial charge in [-0.3, -0.25) is 4.79 Å². The van der Waals surface area contributed by atoms with E-state index < -0.39 is 35.0 Å². The summed E-state index contributed by atoms with van der Waals surface area (Å²) in [5.74, 6) is -3.07. The minimum absolute atomic E-state index is 0.0258. The van der Waals surface area contributed by atoms with E-state index in [0.29, 0.717) is 10.9 Å². The zero-order valence-electron chi connectivity index (χ0n) is 17.3. The maximum atomic E-state index is 14.6. The topological polar surface area (TPSA) is 95.1 Å². The molecular formula is C22H13ClF5N5O2. The van der Waals surface area contributed by atoms with Gasteiger partial charge in [-0.25, -0.2) is 18.4 Å². The van der Waals surface area contributed by atoms with Crippen molar-refractivity contribution >= 4 is 29.0 Å². The Bertz CT molecular complexity index is 1410. The number of nitrogen functional groups attached to an aromatic ring is 1. The predicted octanol–water partition coefficient (Wildman–Crippen LogP) is 5.84. The predicted molar refractivity (Wildman–Crippen MR) is 117 cm³/mol. The molecule has 35 heavy (non-hydrogen) atoms. The molecule has 7 nitrogen and oxygen atoms in total. The number of benzene rings is 2. The number of carbonyl (C=O) groups excluding carboxylic acids is 1. The number of pyridine rings is 1. The molecule has 2 heterocycles. The Hall–Kier alpha value is -4.19. The first-order valence-electron chi connectivity index (χ1n) is 9.64. The first-order valence-corrected chi connectivity index (χ1v) is 10.0. The number of nitrogens with two attached hydrogens (primary N) is 1. The van der Waals surface area contributed by atoms with Crippen LogP contribution in [0.3, 0.4) is 0 Å². The van der Waals surface area contributed by atoms with Gasteiger partial charge in [0.05, 0.1) is 17.4 Å². The van der Waals surface area contributed by atoms with Gasteiger partial charge in [0.25, 0.3) is 5.91 Å². The zero-order chi connectivity index (χ0) is 25.3. The summed E-state index contributed by atoms with van der Waals surface area (Å²) in [6, 6.07) is 8.63. The molecule has 0 radical (unpaired) electrons. The van der Waals surface area contributed by atoms with Crippen LogP contribution >= 0.6 is 11.6 Å². The van der Waals surface area contributed by atoms with Crippen LogP contribution in [0.1, 0.15) is 16.1 Å². The first kappa shape index (κ1) is 24.0. The van der Waals surface area contributed by atoms with Crippen molar-refractivity contribution in [1.29, 1.82) is 0 Å². The summed E-state index contributed by atoms with van der Waals surface area (Å²) in [6.07, 6.45) is -2.97. The summed E-state index contributed by atoms with van der Waals surface area (Å²) in [5.41, 5.74) is 3.11. The lowest BCUT2D eigenvalue weighted by atomic mass is 10.2. The Morgan fingerprint density at radius 2 is 1.77 bits per heavy atom. The molecule has 4 aromatic rings. The highest BCUT2D eigenvalue weighted by Gasteiger charge is 2.40. The van der Waals surface area contributed by atoms with E-state index in [4.69, 9.17) is 22.1 Å². The quantitative estimate of drug-likeness (QED) is 0.329. The number of rotatable bonds is 5. The molecule has 0 fully saturated rings. The number of aromatic nitrogens is 3. The van der Waals surface area contributed by atoms with E-state index in [-0.39, 0.29) is 33.7 Å². The van der Waals surface area contributed by atoms with Gasteiger partial charge < -0.3 is 15.8 Å². The maximum Gasteiger partial charge on any atom is 0.434 e. The van der Waals surface area contributed by atoms with Crippen LogP contribution < -0.4 is 15.8 Å². The van der Waals surface area contributed by atoms with Crippen molar-refractivity contribution in [3.8, 4) is 17.2 Å². The van der Waals surface area contributed by atoms with Crippen molar-refractivity contribution < 1.29 is 31.5 Å². The molecule has 0 saturated heterocycles. The summed E-state index contributed by atoms with van der Waals surface area (Å²) in [4.78, 5) is 16.4. The molecule has 0 unspecified atom stereocenters. The van der Waals surface area contributed by atoms with Crippen LogP contribution in [0.2, 0.25) is 5.02 Å². The second kappa shape index (κ2) is 9.22. The van der Waals surface area contributed by atoms with Crippen LogP contribution in [0.5, 0.6) is 11.5 Å². The summed E-state index contributed by atoms with van der Waals surface area (Å²) in [7, 11) is 0. The van der Waals surface area contributed by atoms with Crippen LogP contribution in [-0.4, -0.2) is 20.7 Å². The van der Waals surface area contributed by atoms with Gasteiger partial charge >= 0.3 is 6.18 Å². The van der Waals surface area contributed by atoms with Crippen LogP contribution in [0, 0.1) is 11.6 Å². The SMILES string of the molecule is Nc1nccc(Oc2ccc(NC(=O)c3cnn(-c4ccc(F)cc4)c3C(F)(F)F)cc2F)c1Cl. The van der Waals surface area contributed by atoms with Gasteiger partial charge in [0.2, 0.25) is 0 Å². The highest BCUT2D eigenvalue weighted by Crippen LogP contribution is 2.35. The number of hydrogen-bond donors (Lipinski definition) is 2. The van der Waals surface area contributed by atoms with Gasteiger partial charge in [-0.2, -0.15) is 18.3 Å². The van der Waals surface area contributed by atoms with Gasteiger partial charge in [0.15, 0.2) is 23.0 Å². The van der Waals surface area contributed by atoms with Crippen molar-refractivity contribution in [1.82, 2.24) is 14.8 Å². The van der Waals surface area contributed by atoms with Gasteiger partial charge in [-0.1, -0.05) is 11.6 Å². The average Bonchev–Trinajstić information content (AvgIpc) is 3.25. The zero-order valence-corrected chi connectivity index (χ0v) is 18.0. The minimum Gasteiger partial charge on any atom is -0.453 e. The summed E-state index contributed by atoms with van der Waals surface area (Å²) < 4.78 is 74.9. The molecule has 3 N–H and O–H groups in total. The number of hydrogen-bond acceptors (Lipinski definition) is 5. The molecule has 13 heteroatoms. The smallest absolute Gasteiger partial charge is 0.434 e. The van der Waals surface area contributed by atoms with E-state index in [2.05, 4.69) is 15.4 Å². The van der Waals surface area contributed by atoms with E-state index >= 15 is 0 Å². The molecule has 2 aromatic carbocycles. The van der Waals surface area contributed by atoms with Crippen molar-refractivity contribution in [2.45, 2.75) is 6.18 Å². The Balaban J connectivity index is 1.60. The molecule has 0 saturated carbocycles. The van der Waals surface area contributed by atoms with Gasteiger partial charge in [-0.15, -0.1) is 0 Å². The molecule has 0 aliphatic heterocycles. The van der Waals surface area contributed by atoms with Crippen LogP contribution in [0.15, 0.2) is 60.9 Å². The Morgan fingerprint density at radius 3 is 2.43 bits per heavy atom. The molecule has 180 valence electrons. The molecule has 1 amide bonds. The third-order valence-corrected chi connectivity index (χ3v) is 5.02. The molecule has 0 atom stereocenters. The lowest BCUT2D eigenvalue weighted by Gasteiger charge is -2.13. The van der Waals surface area contributed by atoms with E-state index in [1.54, 1.807) is 0 Å². The normalized spacial score (nSPS) is 11.4. The minimum atomic E-state index is -4.98. The second-order valence-electron chi connectivity index (χ2n) is 7.00. The molecule has 0 spiro atoms. The van der Waals surface area contributed by atoms with E-state index in [1.165, 1.54) is 18.3 Å². The summed E-state index contributed by atoms with van der Waals surface area (Å²) in [5, 5.41) is 5.78. The van der Waals surface area contributed by atoms with Crippen LogP contribution in [0.25, 0.3) is 5.69 Å². The lowest BCUT2D eigenvalue weighted by Crippen LogP contribution is -2.20. The first-order chi connectivity index (χ1) is 16.5. The van der Waals surface area contributed by atoms with Crippen molar-refractivity contribution in [3.05, 3.63) is 88.8 Å². The highest BCUT2D eigenvalue weighted by molar-refractivity contribution is 6.34. The Kier molecular flexibility index (Phi) is 6.31. The maximum absolute atomic E-state index is 14.6. The second-order valence-corrected chi connectivity index (χ2v) is 7.38. The standard InChI is InChI=1S/C22H13ClF5N5O2/c23-18-17(7-8-30-20(18)29)35-16-6-3-12(9-15(16)25)32-21(34)14-10-31-33(19(14)22(26,27)28)13-4-1-11(24)2-5-13/h1-10H,(H2,29,30)(H,32,34). The van der Waals surface area contributed by atoms with Crippen LogP contribution in [-0.2, 0) is 6.18 Å². The number of ether oxygens (including phenoxy) is 1. The van der Waals surface area contributed by atoms with Crippen molar-refractivity contribution in [3.63, 3.8) is 0 Å². The largest absolute Gasteiger partial charge is 0.453 e. The summed E-state index contributed by atoms with van der Waals surface area (Å²) in [6.45, 7) is 0. The van der Waals surface area contributed by atoms with Crippen LogP contribution in [0.4, 0.5) is 33.5 Å². The Morgan fingerprint density at radius 1 is 1.06 bits per heavy atom. The average molecular weight is 510 g/mol. The number of nitrogens with zero attached hydrogens (tertiary/aromatic N) is 3. The van der Waals surface area contributed by atoms with Gasteiger partial charge in [0.1, 0.15) is 16.7 Å². The van der Waals surface area contributed by atoms with Gasteiger partial charge in [-0.05, 0) is 36.4 Å². The lowest BCUT2D eigenvalue weighted by molar-refractivity contribution is -0.143. The number of nitrogens with one attached hydrogen (secondary N) is 1. The molecule has 2 aromatic heterocycles. The van der Waals surface area contributed by atoms with E-state index in [9.17, 15) is 26.7 Å². The number of anilines is 2. The molecule has 0 aliphatic carbocycles. The monoisotopic (exact) mass is 509 g/mol. The third kappa shape index (κ3) is 5.01. The molecule has 0 bridgehead atoms. The molecule has 4 rings (SSSR count). The fourth-order valence-electron chi connectivity index (χ4n) is 3.06. The molecule has 0 aliphatic rings. The number of amides is 1. The van der Waals surface area contributed by atoms with Gasteiger partial charge in [0, 0.05) is 24.0 Å². The van der Waals surface area contributed by atoms with E-state index in [0.717, 1.165) is 36.4 Å². The summed E-state index contributed by atoms with van der Waals surface area (Å²) >= 11 is 5.96. The molecular weight excluding hydrogens is 497 g/mol. The van der Waals surface area contributed by atoms with Crippen molar-refractivity contribution in [2.24, 2.45) is 0 Å². The number of carbonyl (C=O) groups is 1. The third-order valence-electron chi connectivity index (χ3n) is 4.64. The Labute approximate surface area is 198 Å². The fourth-order valence-corrected chi connectivity index (χ4v) is 3.21. The number of alkyl halides is 3. The highest BCUT2D eigenvalue weighted by atomic mass is 35.5. The fraction of sp³-hybridized carbons (Fsp3) is 0.0455. The van der Waals surface area contributed by atoms with E-state index in [1.807, 2.05) is 0 Å².